The van der Waals surface area contributed by atoms with Gasteiger partial charge in [-0.15, -0.1) is 22.7 Å². The maximum atomic E-state index is 13.4. The molecule has 1 aromatic carbocycles. The number of hydrogen-bond donors (Lipinski definition) is 1. The van der Waals surface area contributed by atoms with Gasteiger partial charge in [-0.25, -0.2) is 9.78 Å². The van der Waals surface area contributed by atoms with Gasteiger partial charge in [-0.05, 0) is 42.8 Å². The molecule has 31 heavy (non-hydrogen) atoms. The topological polar surface area (TPSA) is 82.6 Å². The number of carbonyl (C=O) groups is 3. The predicted octanol–water partition coefficient (Wildman–Crippen LogP) is 4.17. The number of para-hydroxylation sites is 1. The minimum Gasteiger partial charge on any atom is -0.319 e. The van der Waals surface area contributed by atoms with Crippen LogP contribution < -0.4 is 10.2 Å². The number of nitrogens with zero attached hydrogens (tertiary/aromatic N) is 3. The molecule has 1 spiro atoms. The van der Waals surface area contributed by atoms with Crippen LogP contribution in [-0.4, -0.2) is 27.7 Å². The second-order valence-corrected chi connectivity index (χ2v) is 9.49. The fraction of sp³-hybridized carbons (Fsp3) is 0.273. The number of thiophene rings is 1. The SMILES string of the molecule is CC(=O)N(c1ccccc1)c1nc(CN2C(=O)NC3(CCCc4sccc43)C2=O)cs1. The Kier molecular flexibility index (Phi) is 4.86. The number of nitrogens with one attached hydrogen (secondary N) is 1. The number of aromatic nitrogens is 1. The largest absolute Gasteiger partial charge is 0.325 e. The number of thiazole rings is 1. The van der Waals surface area contributed by atoms with E-state index in [1.807, 2.05) is 41.8 Å². The molecular weight excluding hydrogens is 432 g/mol. The highest BCUT2D eigenvalue weighted by molar-refractivity contribution is 7.14. The zero-order chi connectivity index (χ0) is 21.6. The average Bonchev–Trinajstić information content (AvgIpc) is 3.46. The molecule has 1 saturated heterocycles. The molecule has 1 atom stereocenters. The number of amides is 4. The Morgan fingerprint density at radius 1 is 1.23 bits per heavy atom. The molecule has 9 heteroatoms. The molecule has 2 aliphatic rings. The third kappa shape index (κ3) is 3.24. The monoisotopic (exact) mass is 452 g/mol. The van der Waals surface area contributed by atoms with Crippen molar-refractivity contribution in [1.82, 2.24) is 15.2 Å². The van der Waals surface area contributed by atoms with Crippen LogP contribution in [0.25, 0.3) is 0 Å². The highest BCUT2D eigenvalue weighted by Gasteiger charge is 2.54. The van der Waals surface area contributed by atoms with Crippen molar-refractivity contribution < 1.29 is 14.4 Å². The van der Waals surface area contributed by atoms with Gasteiger partial charge in [-0.2, -0.15) is 0 Å². The first-order chi connectivity index (χ1) is 15.0. The van der Waals surface area contributed by atoms with Crippen molar-refractivity contribution in [3.05, 3.63) is 63.3 Å². The molecule has 0 saturated carbocycles. The molecule has 1 N–H and O–H groups in total. The number of benzene rings is 1. The number of fused-ring (bicyclic) bond motifs is 2. The molecule has 7 nitrogen and oxygen atoms in total. The lowest BCUT2D eigenvalue weighted by atomic mass is 9.80. The van der Waals surface area contributed by atoms with Gasteiger partial charge in [0.2, 0.25) is 5.91 Å². The van der Waals surface area contributed by atoms with E-state index in [0.717, 1.165) is 29.0 Å². The first kappa shape index (κ1) is 19.9. The summed E-state index contributed by atoms with van der Waals surface area (Å²) in [6, 6.07) is 10.8. The molecule has 1 aliphatic carbocycles. The van der Waals surface area contributed by atoms with Gasteiger partial charge in [0.1, 0.15) is 5.54 Å². The number of hydrogen-bond acceptors (Lipinski definition) is 6. The van der Waals surface area contributed by atoms with Crippen LogP contribution in [0.3, 0.4) is 0 Å². The van der Waals surface area contributed by atoms with E-state index in [-0.39, 0.29) is 18.4 Å². The molecule has 0 bridgehead atoms. The predicted molar refractivity (Wildman–Crippen MR) is 119 cm³/mol. The van der Waals surface area contributed by atoms with Gasteiger partial charge in [0.15, 0.2) is 5.13 Å². The third-order valence-electron chi connectivity index (χ3n) is 5.72. The summed E-state index contributed by atoms with van der Waals surface area (Å²) in [5.41, 5.74) is 1.26. The van der Waals surface area contributed by atoms with E-state index in [1.54, 1.807) is 16.7 Å². The fourth-order valence-electron chi connectivity index (χ4n) is 4.32. The summed E-state index contributed by atoms with van der Waals surface area (Å²) >= 11 is 2.94. The number of anilines is 2. The summed E-state index contributed by atoms with van der Waals surface area (Å²) in [4.78, 5) is 46.9. The maximum absolute atomic E-state index is 13.4. The smallest absolute Gasteiger partial charge is 0.319 e. The second kappa shape index (κ2) is 7.58. The summed E-state index contributed by atoms with van der Waals surface area (Å²) < 4.78 is 0. The standard InChI is InChI=1S/C22H20N4O3S2/c1-14(27)26(16-6-3-2-4-7-16)21-23-15(13-31-21)12-25-19(28)22(24-20(25)29)10-5-8-18-17(22)9-11-30-18/h2-4,6-7,9,11,13H,5,8,10,12H2,1H3,(H,24,29). The summed E-state index contributed by atoms with van der Waals surface area (Å²) in [7, 11) is 0. The molecule has 5 rings (SSSR count). The minimum atomic E-state index is -0.959. The molecular formula is C22H20N4O3S2. The molecule has 158 valence electrons. The number of rotatable bonds is 4. The number of carbonyl (C=O) groups excluding carboxylic acids is 3. The van der Waals surface area contributed by atoms with Gasteiger partial charge in [-0.3, -0.25) is 19.4 Å². The number of urea groups is 1. The van der Waals surface area contributed by atoms with Crippen molar-refractivity contribution >= 4 is 51.3 Å². The lowest BCUT2D eigenvalue weighted by Gasteiger charge is -2.31. The molecule has 3 heterocycles. The van der Waals surface area contributed by atoms with Crippen LogP contribution in [0.2, 0.25) is 0 Å². The average molecular weight is 453 g/mol. The van der Waals surface area contributed by atoms with Crippen LogP contribution in [-0.2, 0) is 28.1 Å². The summed E-state index contributed by atoms with van der Waals surface area (Å²) in [5.74, 6) is -0.383. The minimum absolute atomic E-state index is 0.0723. The molecule has 0 radical (unpaired) electrons. The van der Waals surface area contributed by atoms with Crippen LogP contribution in [0.1, 0.15) is 35.9 Å². The van der Waals surface area contributed by atoms with Gasteiger partial charge < -0.3 is 5.32 Å². The van der Waals surface area contributed by atoms with Crippen LogP contribution in [0.5, 0.6) is 0 Å². The van der Waals surface area contributed by atoms with E-state index < -0.39 is 11.6 Å². The first-order valence-electron chi connectivity index (χ1n) is 10.0. The third-order valence-corrected chi connectivity index (χ3v) is 7.57. The van der Waals surface area contributed by atoms with Crippen LogP contribution in [0.4, 0.5) is 15.6 Å². The van der Waals surface area contributed by atoms with E-state index in [1.165, 1.54) is 28.1 Å². The van der Waals surface area contributed by atoms with E-state index >= 15 is 0 Å². The van der Waals surface area contributed by atoms with Crippen molar-refractivity contribution in [1.29, 1.82) is 0 Å². The van der Waals surface area contributed by atoms with Gasteiger partial charge in [-0.1, -0.05) is 18.2 Å². The fourth-order valence-corrected chi connectivity index (χ4v) is 6.20. The Bertz CT molecular complexity index is 1170. The van der Waals surface area contributed by atoms with Crippen LogP contribution in [0, 0.1) is 0 Å². The zero-order valence-electron chi connectivity index (χ0n) is 16.8. The Balaban J connectivity index is 1.41. The van der Waals surface area contributed by atoms with Gasteiger partial charge in [0, 0.05) is 22.7 Å². The normalized spacial score (nSPS) is 20.1. The van der Waals surface area contributed by atoms with Gasteiger partial charge in [0.25, 0.3) is 5.91 Å². The lowest BCUT2D eigenvalue weighted by molar-refractivity contribution is -0.132. The van der Waals surface area contributed by atoms with E-state index in [9.17, 15) is 14.4 Å². The lowest BCUT2D eigenvalue weighted by Crippen LogP contribution is -2.46. The maximum Gasteiger partial charge on any atom is 0.325 e. The Labute approximate surface area is 187 Å². The Morgan fingerprint density at radius 2 is 2.03 bits per heavy atom. The second-order valence-electron chi connectivity index (χ2n) is 7.65. The highest BCUT2D eigenvalue weighted by atomic mass is 32.1. The molecule has 2 aromatic heterocycles. The molecule has 1 fully saturated rings. The van der Waals surface area contributed by atoms with Crippen molar-refractivity contribution in [2.75, 3.05) is 4.90 Å². The van der Waals surface area contributed by atoms with Crippen molar-refractivity contribution in [2.24, 2.45) is 0 Å². The van der Waals surface area contributed by atoms with Crippen LogP contribution >= 0.6 is 22.7 Å². The van der Waals surface area contributed by atoms with Crippen molar-refractivity contribution in [3.8, 4) is 0 Å². The van der Waals surface area contributed by atoms with Gasteiger partial charge >= 0.3 is 6.03 Å². The molecule has 4 amide bonds. The number of aryl methyl sites for hydroxylation is 1. The van der Waals surface area contributed by atoms with Crippen LogP contribution in [0.15, 0.2) is 47.2 Å². The van der Waals surface area contributed by atoms with E-state index in [4.69, 9.17) is 0 Å². The quantitative estimate of drug-likeness (QED) is 0.602. The molecule has 1 unspecified atom stereocenters. The zero-order valence-corrected chi connectivity index (χ0v) is 18.5. The van der Waals surface area contributed by atoms with Crippen molar-refractivity contribution in [2.45, 2.75) is 38.3 Å². The van der Waals surface area contributed by atoms with E-state index in [0.29, 0.717) is 17.2 Å². The Hall–Kier alpha value is -3.04. The van der Waals surface area contributed by atoms with Crippen molar-refractivity contribution in [3.63, 3.8) is 0 Å². The van der Waals surface area contributed by atoms with Gasteiger partial charge in [0.05, 0.1) is 17.9 Å². The highest BCUT2D eigenvalue weighted by Crippen LogP contribution is 2.42. The Morgan fingerprint density at radius 3 is 2.81 bits per heavy atom. The molecule has 1 aliphatic heterocycles. The van der Waals surface area contributed by atoms with E-state index in [2.05, 4.69) is 10.3 Å². The molecule has 3 aromatic rings. The summed E-state index contributed by atoms with van der Waals surface area (Å²) in [6.45, 7) is 1.56. The summed E-state index contributed by atoms with van der Waals surface area (Å²) in [6.07, 6.45) is 2.40. The summed E-state index contributed by atoms with van der Waals surface area (Å²) in [5, 5.41) is 7.24. The first-order valence-corrected chi connectivity index (χ1v) is 11.8. The number of imide groups is 1.